The number of benzene rings is 1. The molecular weight excluding hydrogens is 198 g/mol. The van der Waals surface area contributed by atoms with E-state index in [1.54, 1.807) is 0 Å². The Labute approximate surface area is 97.8 Å². The summed E-state index contributed by atoms with van der Waals surface area (Å²) in [5, 5.41) is 0. The smallest absolute Gasteiger partial charge is 0.122 e. The normalized spacial score (nSPS) is 18.7. The lowest BCUT2D eigenvalue weighted by atomic mass is 9.88. The number of rotatable bonds is 3. The van der Waals surface area contributed by atoms with Crippen LogP contribution in [0.2, 0.25) is 0 Å². The zero-order valence-electron chi connectivity index (χ0n) is 10.3. The van der Waals surface area contributed by atoms with E-state index < -0.39 is 0 Å². The van der Waals surface area contributed by atoms with Crippen LogP contribution in [-0.4, -0.2) is 6.61 Å². The average Bonchev–Trinajstić information content (AvgIpc) is 2.70. The molecular formula is C14H21NO. The fraction of sp³-hybridized carbons (Fsp3) is 0.571. The lowest BCUT2D eigenvalue weighted by molar-refractivity contribution is 0.337. The summed E-state index contributed by atoms with van der Waals surface area (Å²) >= 11 is 0. The quantitative estimate of drug-likeness (QED) is 0.847. The summed E-state index contributed by atoms with van der Waals surface area (Å²) in [5.41, 5.74) is 8.80. The third kappa shape index (κ3) is 2.07. The maximum atomic E-state index is 6.43. The highest BCUT2D eigenvalue weighted by Gasteiger charge is 2.31. The van der Waals surface area contributed by atoms with Gasteiger partial charge >= 0.3 is 0 Å². The Morgan fingerprint density at radius 1 is 1.31 bits per heavy atom. The first-order valence-corrected chi connectivity index (χ1v) is 6.18. The van der Waals surface area contributed by atoms with Gasteiger partial charge < -0.3 is 10.5 Å². The highest BCUT2D eigenvalue weighted by atomic mass is 16.5. The van der Waals surface area contributed by atoms with Crippen LogP contribution in [0.4, 0.5) is 0 Å². The molecule has 1 saturated carbocycles. The summed E-state index contributed by atoms with van der Waals surface area (Å²) in [6.45, 7) is 4.81. The number of nitrogens with two attached hydrogens (primary N) is 1. The molecule has 0 heterocycles. The van der Waals surface area contributed by atoms with Crippen molar-refractivity contribution in [2.24, 2.45) is 5.73 Å². The van der Waals surface area contributed by atoms with Gasteiger partial charge in [0.05, 0.1) is 6.61 Å². The summed E-state index contributed by atoms with van der Waals surface area (Å²) in [4.78, 5) is 0. The summed E-state index contributed by atoms with van der Waals surface area (Å²) in [6.07, 6.45) is 4.73. The number of aryl methyl sites for hydroxylation is 1. The van der Waals surface area contributed by atoms with Crippen molar-refractivity contribution >= 4 is 0 Å². The number of hydrogen-bond acceptors (Lipinski definition) is 2. The van der Waals surface area contributed by atoms with E-state index in [1.165, 1.54) is 24.0 Å². The Hall–Kier alpha value is -1.02. The van der Waals surface area contributed by atoms with Crippen molar-refractivity contribution in [1.82, 2.24) is 0 Å². The molecule has 2 rings (SSSR count). The van der Waals surface area contributed by atoms with Gasteiger partial charge in [-0.25, -0.2) is 0 Å². The van der Waals surface area contributed by atoms with Gasteiger partial charge in [0.25, 0.3) is 0 Å². The summed E-state index contributed by atoms with van der Waals surface area (Å²) < 4.78 is 5.55. The van der Waals surface area contributed by atoms with Crippen molar-refractivity contribution in [2.75, 3.05) is 6.61 Å². The minimum atomic E-state index is -0.0878. The Bertz CT molecular complexity index is 367. The van der Waals surface area contributed by atoms with Crippen molar-refractivity contribution < 1.29 is 4.74 Å². The maximum absolute atomic E-state index is 6.43. The van der Waals surface area contributed by atoms with Crippen molar-refractivity contribution in [2.45, 2.75) is 45.1 Å². The molecule has 0 atom stereocenters. The Kier molecular flexibility index (Phi) is 3.20. The topological polar surface area (TPSA) is 35.2 Å². The fourth-order valence-corrected chi connectivity index (χ4v) is 2.57. The van der Waals surface area contributed by atoms with Gasteiger partial charge in [-0.1, -0.05) is 25.0 Å². The van der Waals surface area contributed by atoms with Crippen molar-refractivity contribution in [3.05, 3.63) is 29.3 Å². The monoisotopic (exact) mass is 219 g/mol. The molecule has 88 valence electrons. The first-order chi connectivity index (χ1) is 7.65. The molecule has 2 nitrogen and oxygen atoms in total. The molecule has 0 spiro atoms. The van der Waals surface area contributed by atoms with Gasteiger partial charge in [0.1, 0.15) is 5.75 Å². The second-order valence-electron chi connectivity index (χ2n) is 4.78. The van der Waals surface area contributed by atoms with Crippen LogP contribution >= 0.6 is 0 Å². The molecule has 1 aromatic rings. The molecule has 0 aromatic heterocycles. The Balaban J connectivity index is 2.26. The van der Waals surface area contributed by atoms with Crippen LogP contribution in [0.15, 0.2) is 18.2 Å². The minimum Gasteiger partial charge on any atom is -0.494 e. The summed E-state index contributed by atoms with van der Waals surface area (Å²) in [5.74, 6) is 0.979. The van der Waals surface area contributed by atoms with Crippen molar-refractivity contribution in [3.8, 4) is 5.75 Å². The van der Waals surface area contributed by atoms with Crippen LogP contribution in [-0.2, 0) is 5.54 Å². The second-order valence-corrected chi connectivity index (χ2v) is 4.78. The van der Waals surface area contributed by atoms with Crippen molar-refractivity contribution in [1.29, 1.82) is 0 Å². The van der Waals surface area contributed by atoms with Gasteiger partial charge in [0.2, 0.25) is 0 Å². The van der Waals surface area contributed by atoms with E-state index in [0.29, 0.717) is 6.61 Å². The average molecular weight is 219 g/mol. The molecule has 1 aromatic carbocycles. The summed E-state index contributed by atoms with van der Waals surface area (Å²) in [7, 11) is 0. The van der Waals surface area contributed by atoms with Crippen LogP contribution in [0, 0.1) is 6.92 Å². The largest absolute Gasteiger partial charge is 0.494 e. The highest BCUT2D eigenvalue weighted by Crippen LogP contribution is 2.37. The highest BCUT2D eigenvalue weighted by molar-refractivity contribution is 5.39. The van der Waals surface area contributed by atoms with Gasteiger partial charge in [0, 0.05) is 5.54 Å². The van der Waals surface area contributed by atoms with Crippen LogP contribution in [0.1, 0.15) is 43.7 Å². The molecule has 1 aliphatic carbocycles. The van der Waals surface area contributed by atoms with E-state index in [2.05, 4.69) is 25.1 Å². The van der Waals surface area contributed by atoms with Crippen LogP contribution in [0.3, 0.4) is 0 Å². The van der Waals surface area contributed by atoms with Gasteiger partial charge in [-0.15, -0.1) is 0 Å². The van der Waals surface area contributed by atoms with Crippen LogP contribution < -0.4 is 10.5 Å². The zero-order chi connectivity index (χ0) is 11.6. The van der Waals surface area contributed by atoms with Gasteiger partial charge in [0.15, 0.2) is 0 Å². The van der Waals surface area contributed by atoms with E-state index in [9.17, 15) is 0 Å². The zero-order valence-corrected chi connectivity index (χ0v) is 10.3. The van der Waals surface area contributed by atoms with Gasteiger partial charge in [-0.3, -0.25) is 0 Å². The third-order valence-corrected chi connectivity index (χ3v) is 3.55. The molecule has 0 bridgehead atoms. The Morgan fingerprint density at radius 2 is 2.00 bits per heavy atom. The van der Waals surface area contributed by atoms with E-state index in [-0.39, 0.29) is 5.54 Å². The lowest BCUT2D eigenvalue weighted by Gasteiger charge is -2.25. The molecule has 1 fully saturated rings. The first-order valence-electron chi connectivity index (χ1n) is 6.18. The molecule has 16 heavy (non-hydrogen) atoms. The first kappa shape index (κ1) is 11.5. The molecule has 0 radical (unpaired) electrons. The molecule has 0 amide bonds. The molecule has 2 N–H and O–H groups in total. The molecule has 0 aliphatic heterocycles. The van der Waals surface area contributed by atoms with Gasteiger partial charge in [-0.05, 0) is 43.9 Å². The minimum absolute atomic E-state index is 0.0878. The predicted octanol–water partition coefficient (Wildman–Crippen LogP) is 3.12. The van der Waals surface area contributed by atoms with E-state index in [1.807, 2.05) is 6.92 Å². The fourth-order valence-electron chi connectivity index (χ4n) is 2.57. The molecule has 0 unspecified atom stereocenters. The van der Waals surface area contributed by atoms with Crippen molar-refractivity contribution in [3.63, 3.8) is 0 Å². The third-order valence-electron chi connectivity index (χ3n) is 3.55. The van der Waals surface area contributed by atoms with E-state index >= 15 is 0 Å². The van der Waals surface area contributed by atoms with E-state index in [0.717, 1.165) is 18.6 Å². The van der Waals surface area contributed by atoms with Gasteiger partial charge in [-0.2, -0.15) is 0 Å². The maximum Gasteiger partial charge on any atom is 0.122 e. The molecule has 1 aliphatic rings. The Morgan fingerprint density at radius 3 is 2.56 bits per heavy atom. The predicted molar refractivity (Wildman–Crippen MR) is 66.7 cm³/mol. The van der Waals surface area contributed by atoms with Crippen LogP contribution in [0.5, 0.6) is 5.75 Å². The number of ether oxygens (including phenoxy) is 1. The van der Waals surface area contributed by atoms with E-state index in [4.69, 9.17) is 10.5 Å². The standard InChI is InChI=1S/C14H21NO/c1-3-16-13-7-6-12(10-11(13)2)14(15)8-4-5-9-14/h6-7,10H,3-5,8-9,15H2,1-2H3. The second kappa shape index (κ2) is 4.46. The SMILES string of the molecule is CCOc1ccc(C2(N)CCCC2)cc1C. The van der Waals surface area contributed by atoms with Crippen LogP contribution in [0.25, 0.3) is 0 Å². The molecule has 0 saturated heterocycles. The number of hydrogen-bond donors (Lipinski definition) is 1. The molecule has 2 heteroatoms. The lowest BCUT2D eigenvalue weighted by Crippen LogP contribution is -2.33. The summed E-state index contributed by atoms with van der Waals surface area (Å²) in [6, 6.07) is 6.38.